The number of hydrogen-bond acceptors (Lipinski definition) is 3. The van der Waals surface area contributed by atoms with Gasteiger partial charge in [-0.2, -0.15) is 0 Å². The lowest BCUT2D eigenvalue weighted by atomic mass is 9.53. The summed E-state index contributed by atoms with van der Waals surface area (Å²) >= 11 is 1.53. The number of amides is 1. The summed E-state index contributed by atoms with van der Waals surface area (Å²) < 4.78 is 0. The number of carbonyl (C=O) groups excluding carboxylic acids is 1. The molecule has 0 aliphatic heterocycles. The van der Waals surface area contributed by atoms with Crippen molar-refractivity contribution < 1.29 is 4.79 Å². The Bertz CT molecular complexity index is 775. The van der Waals surface area contributed by atoms with Gasteiger partial charge in [0, 0.05) is 11.1 Å². The van der Waals surface area contributed by atoms with E-state index in [0.29, 0.717) is 0 Å². The van der Waals surface area contributed by atoms with Crippen LogP contribution >= 0.6 is 11.3 Å². The van der Waals surface area contributed by atoms with Gasteiger partial charge in [-0.1, -0.05) is 30.3 Å². The van der Waals surface area contributed by atoms with Gasteiger partial charge in [0.15, 0.2) is 0 Å². The molecule has 1 aromatic carbocycles. The molecule has 4 bridgehead atoms. The molecular weight excluding hydrogens is 328 g/mol. The van der Waals surface area contributed by atoms with Gasteiger partial charge >= 0.3 is 0 Å². The number of carbonyl (C=O) groups is 1. The number of nitrogens with one attached hydrogen (secondary N) is 1. The molecule has 0 saturated heterocycles. The molecule has 25 heavy (non-hydrogen) atoms. The van der Waals surface area contributed by atoms with Crippen LogP contribution in [0.4, 0.5) is 0 Å². The van der Waals surface area contributed by atoms with E-state index in [1.807, 2.05) is 25.1 Å². The topological polar surface area (TPSA) is 42.0 Å². The molecule has 1 N–H and O–H groups in total. The Hall–Kier alpha value is -1.68. The van der Waals surface area contributed by atoms with Crippen LogP contribution in [0.25, 0.3) is 10.6 Å². The van der Waals surface area contributed by atoms with Gasteiger partial charge in [0.05, 0.1) is 5.69 Å². The maximum atomic E-state index is 13.1. The minimum atomic E-state index is 0.0647. The fraction of sp³-hybridized carbons (Fsp3) is 0.524. The largest absolute Gasteiger partial charge is 0.346 e. The predicted molar refractivity (Wildman–Crippen MR) is 101 cm³/mol. The molecule has 130 valence electrons. The summed E-state index contributed by atoms with van der Waals surface area (Å²) in [4.78, 5) is 18.5. The van der Waals surface area contributed by atoms with Crippen LogP contribution in [0.15, 0.2) is 30.3 Å². The minimum absolute atomic E-state index is 0.0647. The number of aromatic nitrogens is 1. The van der Waals surface area contributed by atoms with Crippen LogP contribution in [0.5, 0.6) is 0 Å². The smallest absolute Gasteiger partial charge is 0.263 e. The second-order valence-corrected chi connectivity index (χ2v) is 9.45. The molecule has 0 atom stereocenters. The Morgan fingerprint density at radius 2 is 1.68 bits per heavy atom. The van der Waals surface area contributed by atoms with E-state index in [9.17, 15) is 4.79 Å². The summed E-state index contributed by atoms with van der Waals surface area (Å²) in [6.07, 6.45) is 7.75. The van der Waals surface area contributed by atoms with Crippen LogP contribution in [0.2, 0.25) is 0 Å². The monoisotopic (exact) mass is 352 g/mol. The summed E-state index contributed by atoms with van der Waals surface area (Å²) in [5.41, 5.74) is 2.00. The van der Waals surface area contributed by atoms with E-state index in [2.05, 4.69) is 22.4 Å². The van der Waals surface area contributed by atoms with Crippen LogP contribution in [-0.4, -0.2) is 16.4 Å². The summed E-state index contributed by atoms with van der Waals surface area (Å²) in [6, 6.07) is 10.1. The van der Waals surface area contributed by atoms with E-state index in [4.69, 9.17) is 0 Å². The lowest BCUT2D eigenvalue weighted by Gasteiger charge is -2.56. The van der Waals surface area contributed by atoms with Gasteiger partial charge in [0.1, 0.15) is 9.88 Å². The van der Waals surface area contributed by atoms with Crippen LogP contribution in [0.3, 0.4) is 0 Å². The van der Waals surface area contributed by atoms with E-state index >= 15 is 0 Å². The first kappa shape index (κ1) is 15.6. The van der Waals surface area contributed by atoms with E-state index in [-0.39, 0.29) is 11.4 Å². The molecule has 4 saturated carbocycles. The molecule has 1 amide bonds. The number of aryl methyl sites for hydroxylation is 1. The Labute approximate surface area is 152 Å². The highest BCUT2D eigenvalue weighted by Gasteiger charge is 2.51. The first-order valence-electron chi connectivity index (χ1n) is 9.46. The van der Waals surface area contributed by atoms with Crippen molar-refractivity contribution in [2.45, 2.75) is 51.0 Å². The molecular formula is C21H24N2OS. The molecule has 3 nitrogen and oxygen atoms in total. The standard InChI is InChI=1S/C21H24N2OS/c1-13-18(25-20(22-13)17-5-3-2-4-6-17)19(24)23-21-10-14-7-15(11-21)9-16(8-14)12-21/h2-6,14-16H,7-12H2,1H3,(H,23,24). The summed E-state index contributed by atoms with van der Waals surface area (Å²) in [5, 5.41) is 4.42. The highest BCUT2D eigenvalue weighted by atomic mass is 32.1. The van der Waals surface area contributed by atoms with Gasteiger partial charge in [-0.05, 0) is 63.2 Å². The zero-order valence-corrected chi connectivity index (χ0v) is 15.4. The summed E-state index contributed by atoms with van der Waals surface area (Å²) in [5.74, 6) is 2.62. The van der Waals surface area contributed by atoms with E-state index in [0.717, 1.165) is 38.9 Å². The third kappa shape index (κ3) is 2.71. The van der Waals surface area contributed by atoms with Gasteiger partial charge in [-0.3, -0.25) is 4.79 Å². The fourth-order valence-electron chi connectivity index (χ4n) is 5.87. The van der Waals surface area contributed by atoms with Gasteiger partial charge in [-0.25, -0.2) is 4.98 Å². The lowest BCUT2D eigenvalue weighted by Crippen LogP contribution is -2.59. The normalized spacial score (nSPS) is 32.8. The third-order valence-corrected chi connectivity index (χ3v) is 7.65. The van der Waals surface area contributed by atoms with E-state index in [1.165, 1.54) is 49.9 Å². The molecule has 1 aromatic heterocycles. The van der Waals surface area contributed by atoms with Crippen molar-refractivity contribution in [2.24, 2.45) is 17.8 Å². The third-order valence-electron chi connectivity index (χ3n) is 6.44. The second-order valence-electron chi connectivity index (χ2n) is 8.45. The fourth-order valence-corrected chi connectivity index (χ4v) is 6.84. The first-order chi connectivity index (χ1) is 12.1. The molecule has 4 aliphatic carbocycles. The molecule has 0 unspecified atom stereocenters. The predicted octanol–water partition coefficient (Wildman–Crippen LogP) is 4.82. The average molecular weight is 353 g/mol. The summed E-state index contributed by atoms with van der Waals surface area (Å²) in [7, 11) is 0. The summed E-state index contributed by atoms with van der Waals surface area (Å²) in [6.45, 7) is 1.96. The molecule has 1 heterocycles. The van der Waals surface area contributed by atoms with E-state index < -0.39 is 0 Å². The van der Waals surface area contributed by atoms with Gasteiger partial charge < -0.3 is 5.32 Å². The maximum Gasteiger partial charge on any atom is 0.263 e. The molecule has 4 fully saturated rings. The van der Waals surface area contributed by atoms with Crippen molar-refractivity contribution in [2.75, 3.05) is 0 Å². The van der Waals surface area contributed by atoms with Crippen LogP contribution in [-0.2, 0) is 0 Å². The number of nitrogens with zero attached hydrogens (tertiary/aromatic N) is 1. The van der Waals surface area contributed by atoms with Gasteiger partial charge in [0.25, 0.3) is 5.91 Å². The average Bonchev–Trinajstić information content (AvgIpc) is 2.96. The number of benzene rings is 1. The van der Waals surface area contributed by atoms with Gasteiger partial charge in [0.2, 0.25) is 0 Å². The molecule has 4 heteroatoms. The maximum absolute atomic E-state index is 13.1. The van der Waals surface area contributed by atoms with Crippen LogP contribution in [0, 0.1) is 24.7 Å². The Balaban J connectivity index is 1.39. The highest BCUT2D eigenvalue weighted by Crippen LogP contribution is 2.55. The molecule has 0 radical (unpaired) electrons. The zero-order valence-electron chi connectivity index (χ0n) is 14.6. The molecule has 2 aromatic rings. The number of hydrogen-bond donors (Lipinski definition) is 1. The van der Waals surface area contributed by atoms with Crippen molar-refractivity contribution in [3.8, 4) is 10.6 Å². The number of thiazole rings is 1. The highest BCUT2D eigenvalue weighted by molar-refractivity contribution is 7.17. The molecule has 6 rings (SSSR count). The number of rotatable bonds is 3. The zero-order chi connectivity index (χ0) is 17.0. The second kappa shape index (κ2) is 5.66. The van der Waals surface area contributed by atoms with Crippen molar-refractivity contribution in [1.29, 1.82) is 0 Å². The lowest BCUT2D eigenvalue weighted by molar-refractivity contribution is -0.0166. The van der Waals surface area contributed by atoms with Crippen molar-refractivity contribution >= 4 is 17.2 Å². The van der Waals surface area contributed by atoms with E-state index in [1.54, 1.807) is 0 Å². The Kier molecular flexibility index (Phi) is 3.53. The minimum Gasteiger partial charge on any atom is -0.346 e. The van der Waals surface area contributed by atoms with Crippen molar-refractivity contribution in [1.82, 2.24) is 10.3 Å². The first-order valence-corrected chi connectivity index (χ1v) is 10.3. The van der Waals surface area contributed by atoms with Crippen molar-refractivity contribution in [3.63, 3.8) is 0 Å². The Morgan fingerprint density at radius 1 is 1.08 bits per heavy atom. The SMILES string of the molecule is Cc1nc(-c2ccccc2)sc1C(=O)NC12CC3CC(CC(C3)C1)C2. The van der Waals surface area contributed by atoms with Crippen molar-refractivity contribution in [3.05, 3.63) is 40.9 Å². The quantitative estimate of drug-likeness (QED) is 0.861. The molecule has 4 aliphatic rings. The van der Waals surface area contributed by atoms with Crippen LogP contribution < -0.4 is 5.32 Å². The van der Waals surface area contributed by atoms with Crippen LogP contribution in [0.1, 0.15) is 53.9 Å². The Morgan fingerprint density at radius 3 is 2.28 bits per heavy atom. The molecule has 0 spiro atoms. The van der Waals surface area contributed by atoms with Gasteiger partial charge in [-0.15, -0.1) is 11.3 Å².